The molecular formula is C22H22N2O3S. The number of nitrogens with zero attached hydrogens (tertiary/aromatic N) is 2. The average molecular weight is 394 g/mol. The minimum absolute atomic E-state index is 0.123. The van der Waals surface area contributed by atoms with Gasteiger partial charge in [-0.15, -0.1) is 11.3 Å². The first-order valence-electron chi connectivity index (χ1n) is 9.17. The summed E-state index contributed by atoms with van der Waals surface area (Å²) < 4.78 is 4.55. The molecule has 0 radical (unpaired) electrons. The van der Waals surface area contributed by atoms with Gasteiger partial charge in [-0.25, -0.2) is 4.79 Å². The number of hydrogen-bond donors (Lipinski definition) is 1. The molecule has 0 spiro atoms. The van der Waals surface area contributed by atoms with Crippen molar-refractivity contribution in [2.24, 2.45) is 5.41 Å². The number of rotatable bonds is 5. The maximum atomic E-state index is 13.3. The minimum Gasteiger partial charge on any atom is -0.481 e. The van der Waals surface area contributed by atoms with Crippen LogP contribution in [0.2, 0.25) is 0 Å². The van der Waals surface area contributed by atoms with E-state index >= 15 is 0 Å². The van der Waals surface area contributed by atoms with Gasteiger partial charge in [0.05, 0.1) is 23.0 Å². The normalized spacial score (nSPS) is 12.1. The van der Waals surface area contributed by atoms with E-state index in [1.807, 2.05) is 30.3 Å². The second kappa shape index (κ2) is 6.63. The third-order valence-electron chi connectivity index (χ3n) is 5.27. The van der Waals surface area contributed by atoms with Gasteiger partial charge in [0.15, 0.2) is 0 Å². The highest BCUT2D eigenvalue weighted by atomic mass is 32.1. The number of aliphatic carboxylic acids is 1. The Balaban J connectivity index is 1.87. The molecule has 4 rings (SSSR count). The summed E-state index contributed by atoms with van der Waals surface area (Å²) in [5.41, 5.74) is 2.67. The van der Waals surface area contributed by atoms with Gasteiger partial charge in [-0.1, -0.05) is 24.3 Å². The van der Waals surface area contributed by atoms with Crippen LogP contribution < -0.4 is 5.69 Å². The number of carbonyl (C=O) groups is 1. The van der Waals surface area contributed by atoms with Crippen LogP contribution in [0, 0.1) is 12.3 Å². The molecule has 0 aliphatic heterocycles. The summed E-state index contributed by atoms with van der Waals surface area (Å²) in [6.45, 7) is 5.95. The van der Waals surface area contributed by atoms with Crippen LogP contribution in [-0.2, 0) is 17.9 Å². The van der Waals surface area contributed by atoms with Gasteiger partial charge in [-0.3, -0.25) is 13.9 Å². The first-order valence-corrected chi connectivity index (χ1v) is 10.0. The van der Waals surface area contributed by atoms with Gasteiger partial charge in [-0.2, -0.15) is 0 Å². The number of benzene rings is 2. The van der Waals surface area contributed by atoms with Crippen LogP contribution in [0.1, 0.15) is 25.0 Å². The molecule has 6 heteroatoms. The predicted octanol–water partition coefficient (Wildman–Crippen LogP) is 4.49. The van der Waals surface area contributed by atoms with Gasteiger partial charge in [0, 0.05) is 16.6 Å². The Morgan fingerprint density at radius 2 is 1.75 bits per heavy atom. The summed E-state index contributed by atoms with van der Waals surface area (Å²) in [5, 5.41) is 12.8. The summed E-state index contributed by atoms with van der Waals surface area (Å²) in [4.78, 5) is 24.9. The highest BCUT2D eigenvalue weighted by Gasteiger charge is 2.30. The Kier molecular flexibility index (Phi) is 4.38. The topological polar surface area (TPSA) is 64.2 Å². The lowest BCUT2D eigenvalue weighted by Crippen LogP contribution is -2.34. The highest BCUT2D eigenvalue weighted by Crippen LogP contribution is 2.30. The zero-order valence-corrected chi connectivity index (χ0v) is 16.9. The van der Waals surface area contributed by atoms with E-state index in [1.54, 1.807) is 34.3 Å². The number of carboxylic acid groups (broad SMARTS) is 1. The third-order valence-corrected chi connectivity index (χ3v) is 6.27. The van der Waals surface area contributed by atoms with Gasteiger partial charge in [-0.05, 0) is 55.5 Å². The molecule has 2 heterocycles. The average Bonchev–Trinajstić information content (AvgIpc) is 3.18. The van der Waals surface area contributed by atoms with E-state index < -0.39 is 11.4 Å². The fourth-order valence-corrected chi connectivity index (χ4v) is 4.70. The molecule has 0 amide bonds. The molecule has 28 heavy (non-hydrogen) atoms. The van der Waals surface area contributed by atoms with E-state index in [-0.39, 0.29) is 12.2 Å². The fourth-order valence-electron chi connectivity index (χ4n) is 3.67. The van der Waals surface area contributed by atoms with E-state index in [0.29, 0.717) is 6.54 Å². The molecule has 1 N–H and O–H groups in total. The number of imidazole rings is 1. The maximum absolute atomic E-state index is 13.3. The number of para-hydroxylation sites is 2. The molecule has 5 nitrogen and oxygen atoms in total. The maximum Gasteiger partial charge on any atom is 0.329 e. The van der Waals surface area contributed by atoms with Gasteiger partial charge in [0.1, 0.15) is 0 Å². The van der Waals surface area contributed by atoms with Crippen LogP contribution in [0.5, 0.6) is 0 Å². The molecule has 4 aromatic rings. The number of thiophene rings is 1. The van der Waals surface area contributed by atoms with Crippen LogP contribution in [0.3, 0.4) is 0 Å². The van der Waals surface area contributed by atoms with Crippen molar-refractivity contribution in [3.63, 3.8) is 0 Å². The molecule has 2 aromatic heterocycles. The molecule has 0 bridgehead atoms. The van der Waals surface area contributed by atoms with Gasteiger partial charge in [0.25, 0.3) is 0 Å². The number of aromatic nitrogens is 2. The number of aryl methyl sites for hydroxylation is 1. The number of carboxylic acids is 1. The summed E-state index contributed by atoms with van der Waals surface area (Å²) in [5.74, 6) is -0.921. The van der Waals surface area contributed by atoms with E-state index in [0.717, 1.165) is 16.6 Å². The Morgan fingerprint density at radius 1 is 1.07 bits per heavy atom. The Labute approximate surface area is 166 Å². The zero-order chi connectivity index (χ0) is 20.1. The van der Waals surface area contributed by atoms with Crippen LogP contribution in [-0.4, -0.2) is 20.2 Å². The first-order chi connectivity index (χ1) is 13.3. The van der Waals surface area contributed by atoms with Gasteiger partial charge < -0.3 is 5.11 Å². The lowest BCUT2D eigenvalue weighted by molar-refractivity contribution is -0.147. The van der Waals surface area contributed by atoms with E-state index in [4.69, 9.17) is 0 Å². The summed E-state index contributed by atoms with van der Waals surface area (Å²) in [7, 11) is 0. The van der Waals surface area contributed by atoms with Crippen molar-refractivity contribution in [2.75, 3.05) is 0 Å². The predicted molar refractivity (Wildman–Crippen MR) is 113 cm³/mol. The Hall–Kier alpha value is -2.86. The monoisotopic (exact) mass is 394 g/mol. The zero-order valence-electron chi connectivity index (χ0n) is 16.1. The van der Waals surface area contributed by atoms with Crippen molar-refractivity contribution in [1.29, 1.82) is 0 Å². The van der Waals surface area contributed by atoms with Crippen molar-refractivity contribution >= 4 is 38.4 Å². The largest absolute Gasteiger partial charge is 0.481 e. The lowest BCUT2D eigenvalue weighted by atomic mass is 9.94. The van der Waals surface area contributed by atoms with E-state index in [9.17, 15) is 14.7 Å². The highest BCUT2D eigenvalue weighted by molar-refractivity contribution is 7.17. The van der Waals surface area contributed by atoms with E-state index in [1.165, 1.54) is 15.6 Å². The second-order valence-corrected chi connectivity index (χ2v) is 8.75. The van der Waals surface area contributed by atoms with Crippen molar-refractivity contribution < 1.29 is 9.90 Å². The molecule has 144 valence electrons. The Bertz CT molecular complexity index is 1260. The van der Waals surface area contributed by atoms with Crippen LogP contribution in [0.15, 0.2) is 52.6 Å². The molecule has 0 atom stereocenters. The molecule has 0 unspecified atom stereocenters. The molecule has 0 aliphatic rings. The van der Waals surface area contributed by atoms with Crippen LogP contribution in [0.25, 0.3) is 21.1 Å². The smallest absolute Gasteiger partial charge is 0.329 e. The third kappa shape index (κ3) is 2.94. The van der Waals surface area contributed by atoms with Crippen LogP contribution in [0.4, 0.5) is 0 Å². The van der Waals surface area contributed by atoms with Crippen molar-refractivity contribution in [3.8, 4) is 0 Å². The quantitative estimate of drug-likeness (QED) is 0.543. The standard InChI is InChI=1S/C22H22N2O3S/c1-14-7-6-10-18-19(14)15(12-28-18)11-23-16-8-4-5-9-17(16)24(21(23)27)13-22(2,3)20(25)26/h4-10,12H,11,13H2,1-3H3,(H,25,26). The van der Waals surface area contributed by atoms with Crippen molar-refractivity contribution in [1.82, 2.24) is 9.13 Å². The van der Waals surface area contributed by atoms with Crippen LogP contribution >= 0.6 is 11.3 Å². The lowest BCUT2D eigenvalue weighted by Gasteiger charge is -2.19. The molecule has 0 aliphatic carbocycles. The minimum atomic E-state index is -1.04. The van der Waals surface area contributed by atoms with Gasteiger partial charge >= 0.3 is 11.7 Å². The SMILES string of the molecule is Cc1cccc2scc(Cn3c(=O)n(CC(C)(C)C(=O)O)c4ccccc43)c12. The summed E-state index contributed by atoms with van der Waals surface area (Å²) >= 11 is 1.68. The summed E-state index contributed by atoms with van der Waals surface area (Å²) in [6.07, 6.45) is 0. The first kappa shape index (κ1) is 18.5. The van der Waals surface area contributed by atoms with E-state index in [2.05, 4.69) is 24.4 Å². The molecule has 0 saturated heterocycles. The molecular weight excluding hydrogens is 372 g/mol. The second-order valence-electron chi connectivity index (χ2n) is 7.84. The molecule has 0 saturated carbocycles. The Morgan fingerprint density at radius 3 is 2.43 bits per heavy atom. The fraction of sp³-hybridized carbons (Fsp3) is 0.273. The number of fused-ring (bicyclic) bond motifs is 2. The summed E-state index contributed by atoms with van der Waals surface area (Å²) in [6, 6.07) is 13.8. The molecule has 0 fully saturated rings. The molecule has 2 aromatic carbocycles. The number of hydrogen-bond acceptors (Lipinski definition) is 3. The van der Waals surface area contributed by atoms with Gasteiger partial charge in [0.2, 0.25) is 0 Å². The van der Waals surface area contributed by atoms with Crippen molar-refractivity contribution in [2.45, 2.75) is 33.9 Å². The van der Waals surface area contributed by atoms with Crippen molar-refractivity contribution in [3.05, 3.63) is 69.5 Å².